The Morgan fingerprint density at radius 3 is 3.08 bits per heavy atom. The number of thioether (sulfide) groups is 1. The lowest BCUT2D eigenvalue weighted by Crippen LogP contribution is -2.14. The van der Waals surface area contributed by atoms with E-state index in [0.717, 1.165) is 16.8 Å². The first kappa shape index (κ1) is 16.6. The van der Waals surface area contributed by atoms with Gasteiger partial charge in [0.2, 0.25) is 5.91 Å². The minimum absolute atomic E-state index is 0.176. The highest BCUT2D eigenvalue weighted by Gasteiger charge is 2.10. The zero-order valence-corrected chi connectivity index (χ0v) is 14.4. The predicted molar refractivity (Wildman–Crippen MR) is 95.9 cm³/mol. The summed E-state index contributed by atoms with van der Waals surface area (Å²) in [5, 5.41) is 3.66. The number of carbonyl (C=O) groups excluding carboxylic acids is 1. The molecule has 0 saturated heterocycles. The van der Waals surface area contributed by atoms with E-state index >= 15 is 0 Å². The van der Waals surface area contributed by atoms with Crippen molar-refractivity contribution in [1.82, 2.24) is 15.0 Å². The van der Waals surface area contributed by atoms with Gasteiger partial charge in [0.25, 0.3) is 0 Å². The third-order valence-corrected chi connectivity index (χ3v) is 4.29. The van der Waals surface area contributed by atoms with Gasteiger partial charge in [0.1, 0.15) is 5.75 Å². The number of nitrogens with one attached hydrogen (secondary N) is 2. The van der Waals surface area contributed by atoms with E-state index in [1.54, 1.807) is 18.3 Å². The minimum Gasteiger partial charge on any atom is -0.494 e. The molecule has 2 aromatic heterocycles. The molecule has 0 fully saturated rings. The number of aromatic nitrogens is 3. The van der Waals surface area contributed by atoms with Crippen LogP contribution in [-0.2, 0) is 4.79 Å². The second-order valence-corrected chi connectivity index (χ2v) is 6.15. The molecule has 0 radical (unpaired) electrons. The number of ether oxygens (including phenoxy) is 1. The summed E-state index contributed by atoms with van der Waals surface area (Å²) in [5.74, 6) is 0.822. The van der Waals surface area contributed by atoms with E-state index in [0.29, 0.717) is 17.5 Å². The van der Waals surface area contributed by atoms with E-state index in [-0.39, 0.29) is 16.8 Å². The third kappa shape index (κ3) is 3.98. The number of rotatable bonds is 6. The lowest BCUT2D eigenvalue weighted by Gasteiger charge is -2.04. The quantitative estimate of drug-likeness (QED) is 0.515. The Hall–Kier alpha value is -2.25. The molecule has 0 atom stereocenters. The van der Waals surface area contributed by atoms with Gasteiger partial charge in [-0.05, 0) is 31.2 Å². The normalized spacial score (nSPS) is 10.8. The molecule has 0 bridgehead atoms. The molecule has 0 aliphatic heterocycles. The number of amides is 1. The van der Waals surface area contributed by atoms with Crippen molar-refractivity contribution in [2.45, 2.75) is 12.1 Å². The molecule has 1 aromatic carbocycles. The van der Waals surface area contributed by atoms with Crippen LogP contribution < -0.4 is 10.1 Å². The molecule has 124 valence electrons. The second-order valence-electron chi connectivity index (χ2n) is 4.83. The summed E-state index contributed by atoms with van der Waals surface area (Å²) >= 11 is 7.23. The molecule has 0 aliphatic rings. The van der Waals surface area contributed by atoms with Crippen LogP contribution >= 0.6 is 23.4 Å². The van der Waals surface area contributed by atoms with Crippen LogP contribution in [0, 0.1) is 0 Å². The highest BCUT2D eigenvalue weighted by atomic mass is 35.5. The molecular formula is C16H15ClN4O2S. The van der Waals surface area contributed by atoms with Crippen LogP contribution in [0.4, 0.5) is 5.69 Å². The molecular weight excluding hydrogens is 348 g/mol. The number of benzene rings is 1. The number of pyridine rings is 1. The van der Waals surface area contributed by atoms with Crippen molar-refractivity contribution >= 4 is 46.0 Å². The number of nitrogens with zero attached hydrogens (tertiary/aromatic N) is 2. The summed E-state index contributed by atoms with van der Waals surface area (Å²) in [6.07, 6.45) is 1.57. The zero-order chi connectivity index (χ0) is 16.9. The van der Waals surface area contributed by atoms with Gasteiger partial charge >= 0.3 is 0 Å². The standard InChI is InChI=1S/C16H15ClN4O2S/c1-2-23-10-5-6-11-13(8-10)21-16(20-11)24-9-14(22)19-12-4-3-7-18-15(12)17/h3-8H,2,9H2,1H3,(H,19,22)(H,20,21). The van der Waals surface area contributed by atoms with Gasteiger partial charge in [-0.2, -0.15) is 0 Å². The topological polar surface area (TPSA) is 79.9 Å². The van der Waals surface area contributed by atoms with E-state index in [1.165, 1.54) is 11.8 Å². The Bertz CT molecular complexity index is 868. The van der Waals surface area contributed by atoms with E-state index in [1.807, 2.05) is 25.1 Å². The third-order valence-electron chi connectivity index (χ3n) is 3.12. The molecule has 3 rings (SSSR count). The fraction of sp³-hybridized carbons (Fsp3) is 0.188. The van der Waals surface area contributed by atoms with Crippen molar-refractivity contribution in [3.05, 3.63) is 41.7 Å². The van der Waals surface area contributed by atoms with Crippen LogP contribution in [0.15, 0.2) is 41.7 Å². The number of imidazole rings is 1. The Morgan fingerprint density at radius 2 is 2.29 bits per heavy atom. The van der Waals surface area contributed by atoms with Crippen LogP contribution in [0.25, 0.3) is 11.0 Å². The number of hydrogen-bond donors (Lipinski definition) is 2. The van der Waals surface area contributed by atoms with Crippen LogP contribution in [0.3, 0.4) is 0 Å². The van der Waals surface area contributed by atoms with Gasteiger partial charge in [0.05, 0.1) is 29.1 Å². The van der Waals surface area contributed by atoms with Gasteiger partial charge in [0.15, 0.2) is 10.3 Å². The molecule has 2 heterocycles. The average molecular weight is 363 g/mol. The molecule has 0 spiro atoms. The predicted octanol–water partition coefficient (Wildman–Crippen LogP) is 3.74. The first-order chi connectivity index (χ1) is 11.7. The monoisotopic (exact) mass is 362 g/mol. The van der Waals surface area contributed by atoms with Gasteiger partial charge in [-0.25, -0.2) is 9.97 Å². The van der Waals surface area contributed by atoms with E-state index in [9.17, 15) is 4.79 Å². The van der Waals surface area contributed by atoms with Gasteiger partial charge in [-0.15, -0.1) is 0 Å². The molecule has 0 aliphatic carbocycles. The number of carbonyl (C=O) groups is 1. The van der Waals surface area contributed by atoms with E-state index in [2.05, 4.69) is 20.3 Å². The Kier molecular flexibility index (Phi) is 5.22. The first-order valence-electron chi connectivity index (χ1n) is 7.31. The van der Waals surface area contributed by atoms with Crippen LogP contribution in [0.5, 0.6) is 5.75 Å². The molecule has 8 heteroatoms. The number of halogens is 1. The lowest BCUT2D eigenvalue weighted by atomic mass is 10.3. The number of aromatic amines is 1. The molecule has 3 aromatic rings. The SMILES string of the molecule is CCOc1ccc2nc(SCC(=O)Nc3cccnc3Cl)[nH]c2c1. The van der Waals surface area contributed by atoms with E-state index < -0.39 is 0 Å². The maximum absolute atomic E-state index is 12.0. The number of fused-ring (bicyclic) bond motifs is 1. The summed E-state index contributed by atoms with van der Waals surface area (Å²) in [4.78, 5) is 23.6. The van der Waals surface area contributed by atoms with Gasteiger partial charge < -0.3 is 15.0 Å². The summed E-state index contributed by atoms with van der Waals surface area (Å²) in [5.41, 5.74) is 2.20. The highest BCUT2D eigenvalue weighted by molar-refractivity contribution is 7.99. The lowest BCUT2D eigenvalue weighted by molar-refractivity contribution is -0.113. The van der Waals surface area contributed by atoms with Crippen molar-refractivity contribution in [1.29, 1.82) is 0 Å². The maximum Gasteiger partial charge on any atom is 0.234 e. The average Bonchev–Trinajstić information content (AvgIpc) is 2.98. The van der Waals surface area contributed by atoms with Crippen molar-refractivity contribution < 1.29 is 9.53 Å². The van der Waals surface area contributed by atoms with Crippen molar-refractivity contribution in [3.63, 3.8) is 0 Å². The van der Waals surface area contributed by atoms with Gasteiger partial charge in [-0.1, -0.05) is 23.4 Å². The molecule has 0 saturated carbocycles. The van der Waals surface area contributed by atoms with Crippen LogP contribution in [0.1, 0.15) is 6.92 Å². The largest absolute Gasteiger partial charge is 0.494 e. The Balaban J connectivity index is 1.62. The molecule has 1 amide bonds. The summed E-state index contributed by atoms with van der Waals surface area (Å²) < 4.78 is 5.46. The Morgan fingerprint density at radius 1 is 1.42 bits per heavy atom. The minimum atomic E-state index is -0.176. The first-order valence-corrected chi connectivity index (χ1v) is 8.68. The number of anilines is 1. The van der Waals surface area contributed by atoms with Gasteiger partial charge in [-0.3, -0.25) is 4.79 Å². The summed E-state index contributed by atoms with van der Waals surface area (Å²) in [6, 6.07) is 9.07. The van der Waals surface area contributed by atoms with Crippen molar-refractivity contribution in [2.24, 2.45) is 0 Å². The van der Waals surface area contributed by atoms with Crippen LogP contribution in [0.2, 0.25) is 5.15 Å². The molecule has 2 N–H and O–H groups in total. The fourth-order valence-electron chi connectivity index (χ4n) is 2.09. The number of H-pyrrole nitrogens is 1. The Labute approximate surface area is 148 Å². The second kappa shape index (κ2) is 7.55. The zero-order valence-electron chi connectivity index (χ0n) is 12.9. The van der Waals surface area contributed by atoms with E-state index in [4.69, 9.17) is 16.3 Å². The maximum atomic E-state index is 12.0. The van der Waals surface area contributed by atoms with Crippen molar-refractivity contribution in [2.75, 3.05) is 17.7 Å². The molecule has 6 nitrogen and oxygen atoms in total. The number of hydrogen-bond acceptors (Lipinski definition) is 5. The summed E-state index contributed by atoms with van der Waals surface area (Å²) in [7, 11) is 0. The van der Waals surface area contributed by atoms with Crippen molar-refractivity contribution in [3.8, 4) is 5.75 Å². The van der Waals surface area contributed by atoms with Crippen LogP contribution in [-0.4, -0.2) is 33.2 Å². The fourth-order valence-corrected chi connectivity index (χ4v) is 2.94. The summed E-state index contributed by atoms with van der Waals surface area (Å²) in [6.45, 7) is 2.55. The highest BCUT2D eigenvalue weighted by Crippen LogP contribution is 2.24. The molecule has 24 heavy (non-hydrogen) atoms. The smallest absolute Gasteiger partial charge is 0.234 e. The van der Waals surface area contributed by atoms with Gasteiger partial charge in [0, 0.05) is 12.3 Å². The molecule has 0 unspecified atom stereocenters.